The topological polar surface area (TPSA) is 35.5 Å². The molecule has 0 bridgehead atoms. The molecule has 3 nitrogen and oxygen atoms in total. The lowest BCUT2D eigenvalue weighted by molar-refractivity contribution is 0.0992. The summed E-state index contributed by atoms with van der Waals surface area (Å²) >= 11 is 9.55. The SMILES string of the molecule is COc1cc(Cl)c(C(=O)Cc2cccc(Br)c2)cc1OC. The lowest BCUT2D eigenvalue weighted by Crippen LogP contribution is -2.05. The molecule has 0 radical (unpaired) electrons. The highest BCUT2D eigenvalue weighted by Crippen LogP contribution is 2.33. The van der Waals surface area contributed by atoms with Gasteiger partial charge >= 0.3 is 0 Å². The molecule has 5 heteroatoms. The van der Waals surface area contributed by atoms with Gasteiger partial charge in [-0.15, -0.1) is 0 Å². The molecule has 21 heavy (non-hydrogen) atoms. The fourth-order valence-electron chi connectivity index (χ4n) is 2.00. The summed E-state index contributed by atoms with van der Waals surface area (Å²) in [7, 11) is 3.05. The van der Waals surface area contributed by atoms with Crippen LogP contribution in [0.2, 0.25) is 5.02 Å². The Morgan fingerprint density at radius 1 is 1.14 bits per heavy atom. The molecule has 0 spiro atoms. The van der Waals surface area contributed by atoms with Crippen LogP contribution in [0.5, 0.6) is 11.5 Å². The summed E-state index contributed by atoms with van der Waals surface area (Å²) in [6, 6.07) is 10.8. The smallest absolute Gasteiger partial charge is 0.168 e. The predicted molar refractivity (Wildman–Crippen MR) is 86.7 cm³/mol. The molecule has 0 aliphatic rings. The van der Waals surface area contributed by atoms with E-state index in [0.717, 1.165) is 10.0 Å². The molecule has 110 valence electrons. The zero-order chi connectivity index (χ0) is 15.4. The molecule has 0 saturated carbocycles. The molecule has 2 aromatic carbocycles. The number of halogens is 2. The zero-order valence-electron chi connectivity index (χ0n) is 11.7. The Kier molecular flexibility index (Phi) is 5.26. The molecular weight excluding hydrogens is 356 g/mol. The summed E-state index contributed by atoms with van der Waals surface area (Å²) in [4.78, 5) is 12.4. The van der Waals surface area contributed by atoms with Crippen molar-refractivity contribution < 1.29 is 14.3 Å². The van der Waals surface area contributed by atoms with Crippen LogP contribution in [0.1, 0.15) is 15.9 Å². The fourth-order valence-corrected chi connectivity index (χ4v) is 2.70. The van der Waals surface area contributed by atoms with E-state index in [1.54, 1.807) is 12.1 Å². The Bertz CT molecular complexity index is 671. The monoisotopic (exact) mass is 368 g/mol. The highest BCUT2D eigenvalue weighted by molar-refractivity contribution is 9.10. The van der Waals surface area contributed by atoms with Crippen molar-refractivity contribution in [2.45, 2.75) is 6.42 Å². The van der Waals surface area contributed by atoms with Gasteiger partial charge in [-0.25, -0.2) is 0 Å². The van der Waals surface area contributed by atoms with E-state index in [4.69, 9.17) is 21.1 Å². The lowest BCUT2D eigenvalue weighted by atomic mass is 10.0. The maximum absolute atomic E-state index is 12.4. The molecule has 0 amide bonds. The van der Waals surface area contributed by atoms with Gasteiger partial charge in [-0.05, 0) is 23.8 Å². The van der Waals surface area contributed by atoms with Crippen molar-refractivity contribution >= 4 is 33.3 Å². The van der Waals surface area contributed by atoms with E-state index in [1.165, 1.54) is 14.2 Å². The van der Waals surface area contributed by atoms with Gasteiger partial charge in [0.25, 0.3) is 0 Å². The van der Waals surface area contributed by atoms with Crippen molar-refractivity contribution in [1.82, 2.24) is 0 Å². The fraction of sp³-hybridized carbons (Fsp3) is 0.188. The van der Waals surface area contributed by atoms with Crippen LogP contribution in [-0.2, 0) is 6.42 Å². The lowest BCUT2D eigenvalue weighted by Gasteiger charge is -2.11. The van der Waals surface area contributed by atoms with Crippen LogP contribution >= 0.6 is 27.5 Å². The van der Waals surface area contributed by atoms with Crippen molar-refractivity contribution in [2.24, 2.45) is 0 Å². The largest absolute Gasteiger partial charge is 0.493 e. The third-order valence-electron chi connectivity index (χ3n) is 3.03. The van der Waals surface area contributed by atoms with Gasteiger partial charge in [-0.3, -0.25) is 4.79 Å². The van der Waals surface area contributed by atoms with Gasteiger partial charge in [0, 0.05) is 22.5 Å². The van der Waals surface area contributed by atoms with Crippen molar-refractivity contribution in [3.63, 3.8) is 0 Å². The maximum atomic E-state index is 12.4. The van der Waals surface area contributed by atoms with E-state index in [0.29, 0.717) is 22.1 Å². The number of ketones is 1. The first kappa shape index (κ1) is 15.9. The first-order valence-corrected chi connectivity index (χ1v) is 7.41. The second-order valence-corrected chi connectivity index (χ2v) is 5.74. The number of hydrogen-bond acceptors (Lipinski definition) is 3. The van der Waals surface area contributed by atoms with Gasteiger partial charge in [-0.2, -0.15) is 0 Å². The summed E-state index contributed by atoms with van der Waals surface area (Å²) in [5.74, 6) is 0.917. The quantitative estimate of drug-likeness (QED) is 0.726. The van der Waals surface area contributed by atoms with Crippen LogP contribution < -0.4 is 9.47 Å². The molecule has 0 aliphatic heterocycles. The van der Waals surface area contributed by atoms with Gasteiger partial charge < -0.3 is 9.47 Å². The van der Waals surface area contributed by atoms with E-state index in [9.17, 15) is 4.79 Å². The van der Waals surface area contributed by atoms with E-state index in [2.05, 4.69) is 15.9 Å². The van der Waals surface area contributed by atoms with Crippen LogP contribution in [0.4, 0.5) is 0 Å². The molecule has 0 saturated heterocycles. The van der Waals surface area contributed by atoms with Crippen LogP contribution in [0.15, 0.2) is 40.9 Å². The first-order valence-electron chi connectivity index (χ1n) is 6.24. The van der Waals surface area contributed by atoms with Crippen LogP contribution in [0.25, 0.3) is 0 Å². The molecule has 0 heterocycles. The summed E-state index contributed by atoms with van der Waals surface area (Å²) < 4.78 is 11.3. The van der Waals surface area contributed by atoms with E-state index in [1.807, 2.05) is 24.3 Å². The zero-order valence-corrected chi connectivity index (χ0v) is 14.0. The van der Waals surface area contributed by atoms with E-state index < -0.39 is 0 Å². The number of methoxy groups -OCH3 is 2. The molecule has 0 N–H and O–H groups in total. The molecule has 0 fully saturated rings. The Balaban J connectivity index is 2.31. The predicted octanol–water partition coefficient (Wildman–Crippen LogP) is 4.55. The minimum atomic E-state index is -0.0703. The molecule has 0 unspecified atom stereocenters. The maximum Gasteiger partial charge on any atom is 0.168 e. The molecular formula is C16H14BrClO3. The first-order chi connectivity index (χ1) is 10.0. The van der Waals surface area contributed by atoms with Gasteiger partial charge in [-0.1, -0.05) is 39.7 Å². The third kappa shape index (κ3) is 3.77. The summed E-state index contributed by atoms with van der Waals surface area (Å²) in [5.41, 5.74) is 1.34. The normalized spacial score (nSPS) is 10.3. The Labute approximate surface area is 137 Å². The Morgan fingerprint density at radius 2 is 1.81 bits per heavy atom. The van der Waals surface area contributed by atoms with Crippen LogP contribution in [0.3, 0.4) is 0 Å². The van der Waals surface area contributed by atoms with Gasteiger partial charge in [0.15, 0.2) is 17.3 Å². The molecule has 0 aliphatic carbocycles. The van der Waals surface area contributed by atoms with Crippen LogP contribution in [0, 0.1) is 0 Å². The van der Waals surface area contributed by atoms with Crippen LogP contribution in [-0.4, -0.2) is 20.0 Å². The minimum Gasteiger partial charge on any atom is -0.493 e. The molecule has 0 atom stereocenters. The Hall–Kier alpha value is -1.52. The number of benzene rings is 2. The van der Waals surface area contributed by atoms with Gasteiger partial charge in [0.1, 0.15) is 0 Å². The van der Waals surface area contributed by atoms with E-state index >= 15 is 0 Å². The highest BCUT2D eigenvalue weighted by Gasteiger charge is 2.16. The van der Waals surface area contributed by atoms with Crippen molar-refractivity contribution in [3.8, 4) is 11.5 Å². The van der Waals surface area contributed by atoms with E-state index in [-0.39, 0.29) is 12.2 Å². The summed E-state index contributed by atoms with van der Waals surface area (Å²) in [5, 5.41) is 0.354. The molecule has 0 aromatic heterocycles. The second kappa shape index (κ2) is 6.96. The Morgan fingerprint density at radius 3 is 2.43 bits per heavy atom. The number of carbonyl (C=O) groups is 1. The number of Topliss-reactive ketones (excluding diaryl/α,β-unsaturated/α-hetero) is 1. The van der Waals surface area contributed by atoms with Crippen molar-refractivity contribution in [1.29, 1.82) is 0 Å². The van der Waals surface area contributed by atoms with Gasteiger partial charge in [0.2, 0.25) is 0 Å². The number of carbonyl (C=O) groups excluding carboxylic acids is 1. The second-order valence-electron chi connectivity index (χ2n) is 4.42. The number of ether oxygens (including phenoxy) is 2. The van der Waals surface area contributed by atoms with Gasteiger partial charge in [0.05, 0.1) is 19.2 Å². The van der Waals surface area contributed by atoms with Crippen molar-refractivity contribution in [3.05, 3.63) is 57.0 Å². The minimum absolute atomic E-state index is 0.0703. The average Bonchev–Trinajstić information content (AvgIpc) is 2.46. The van der Waals surface area contributed by atoms with Crippen molar-refractivity contribution in [2.75, 3.05) is 14.2 Å². The molecule has 2 rings (SSSR count). The molecule has 2 aromatic rings. The number of hydrogen-bond donors (Lipinski definition) is 0. The standard InChI is InChI=1S/C16H14BrClO3/c1-20-15-8-12(13(18)9-16(15)21-2)14(19)7-10-4-3-5-11(17)6-10/h3-6,8-9H,7H2,1-2H3. The summed E-state index contributed by atoms with van der Waals surface area (Å²) in [6.07, 6.45) is 0.272. The third-order valence-corrected chi connectivity index (χ3v) is 3.83. The summed E-state index contributed by atoms with van der Waals surface area (Å²) in [6.45, 7) is 0. The number of rotatable bonds is 5. The highest BCUT2D eigenvalue weighted by atomic mass is 79.9. The average molecular weight is 370 g/mol.